The highest BCUT2D eigenvalue weighted by atomic mass is 16.2. The average Bonchev–Trinajstić information content (AvgIpc) is 2.61. The monoisotopic (exact) mass is 347 g/mol. The molecule has 1 heterocycles. The minimum Gasteiger partial charge on any atom is -0.351 e. The summed E-state index contributed by atoms with van der Waals surface area (Å²) >= 11 is 0. The van der Waals surface area contributed by atoms with Crippen molar-refractivity contribution in [3.8, 4) is 0 Å². The Balaban J connectivity index is 2.04. The first-order valence-corrected chi connectivity index (χ1v) is 8.81. The Morgan fingerprint density at radius 2 is 1.77 bits per heavy atom. The predicted molar refractivity (Wildman–Crippen MR) is 107 cm³/mol. The standard InChI is InChI=1S/C22H25N3O/c1-15(16-8-10-18(11-9-16)22(2,3)4)25(21(23)26)20-7-5-6-17-14-24-13-12-19(17)20/h5-15H,1-4H3,(H2,23,26). The highest BCUT2D eigenvalue weighted by Gasteiger charge is 2.23. The molecule has 3 rings (SSSR count). The molecule has 2 aromatic carbocycles. The Hall–Kier alpha value is -2.88. The van der Waals surface area contributed by atoms with Gasteiger partial charge in [0.2, 0.25) is 0 Å². The molecule has 134 valence electrons. The predicted octanol–water partition coefficient (Wildman–Crippen LogP) is 5.18. The van der Waals surface area contributed by atoms with Crippen LogP contribution in [-0.2, 0) is 5.41 Å². The Morgan fingerprint density at radius 3 is 2.38 bits per heavy atom. The van der Waals surface area contributed by atoms with Crippen molar-refractivity contribution in [2.24, 2.45) is 5.73 Å². The summed E-state index contributed by atoms with van der Waals surface area (Å²) in [4.78, 5) is 18.1. The molecule has 0 aliphatic carbocycles. The average molecular weight is 347 g/mol. The van der Waals surface area contributed by atoms with Crippen molar-refractivity contribution < 1.29 is 4.79 Å². The van der Waals surface area contributed by atoms with E-state index >= 15 is 0 Å². The van der Waals surface area contributed by atoms with Gasteiger partial charge in [-0.15, -0.1) is 0 Å². The van der Waals surface area contributed by atoms with E-state index in [1.807, 2.05) is 31.2 Å². The van der Waals surface area contributed by atoms with Crippen LogP contribution in [0.25, 0.3) is 10.8 Å². The molecule has 4 heteroatoms. The van der Waals surface area contributed by atoms with Gasteiger partial charge in [0.1, 0.15) is 0 Å². The fourth-order valence-corrected chi connectivity index (χ4v) is 3.24. The van der Waals surface area contributed by atoms with Crippen molar-refractivity contribution in [1.29, 1.82) is 0 Å². The molecule has 0 aliphatic rings. The minimum absolute atomic E-state index is 0.0910. The molecule has 0 radical (unpaired) electrons. The number of benzene rings is 2. The fourth-order valence-electron chi connectivity index (χ4n) is 3.24. The molecule has 26 heavy (non-hydrogen) atoms. The van der Waals surface area contributed by atoms with Crippen LogP contribution in [0.15, 0.2) is 60.9 Å². The van der Waals surface area contributed by atoms with Crippen LogP contribution in [0.5, 0.6) is 0 Å². The van der Waals surface area contributed by atoms with Crippen LogP contribution in [-0.4, -0.2) is 11.0 Å². The van der Waals surface area contributed by atoms with Gasteiger partial charge in [-0.1, -0.05) is 57.2 Å². The molecule has 4 nitrogen and oxygen atoms in total. The van der Waals surface area contributed by atoms with Gasteiger partial charge in [-0.05, 0) is 35.6 Å². The molecule has 3 aromatic rings. The van der Waals surface area contributed by atoms with E-state index in [1.54, 1.807) is 17.3 Å². The van der Waals surface area contributed by atoms with Crippen LogP contribution in [0.2, 0.25) is 0 Å². The number of nitrogens with zero attached hydrogens (tertiary/aromatic N) is 2. The van der Waals surface area contributed by atoms with Crippen molar-refractivity contribution in [1.82, 2.24) is 4.98 Å². The van der Waals surface area contributed by atoms with Gasteiger partial charge in [-0.25, -0.2) is 4.79 Å². The lowest BCUT2D eigenvalue weighted by Gasteiger charge is -2.29. The van der Waals surface area contributed by atoms with Crippen LogP contribution < -0.4 is 10.6 Å². The molecule has 0 aliphatic heterocycles. The number of primary amides is 1. The van der Waals surface area contributed by atoms with Gasteiger partial charge < -0.3 is 5.73 Å². The van der Waals surface area contributed by atoms with Crippen LogP contribution in [0, 0.1) is 0 Å². The number of rotatable bonds is 3. The minimum atomic E-state index is -0.471. The quantitative estimate of drug-likeness (QED) is 0.710. The van der Waals surface area contributed by atoms with Crippen molar-refractivity contribution in [3.05, 3.63) is 72.1 Å². The fraction of sp³-hybridized carbons (Fsp3) is 0.273. The number of amides is 2. The summed E-state index contributed by atoms with van der Waals surface area (Å²) in [5.41, 5.74) is 8.96. The lowest BCUT2D eigenvalue weighted by atomic mass is 9.86. The van der Waals surface area contributed by atoms with Crippen LogP contribution in [0.3, 0.4) is 0 Å². The van der Waals surface area contributed by atoms with Crippen LogP contribution in [0.1, 0.15) is 44.9 Å². The molecule has 2 N–H and O–H groups in total. The third kappa shape index (κ3) is 3.40. The third-order valence-corrected chi connectivity index (χ3v) is 4.80. The highest BCUT2D eigenvalue weighted by Crippen LogP contribution is 2.33. The lowest BCUT2D eigenvalue weighted by molar-refractivity contribution is 0.252. The number of anilines is 1. The van der Waals surface area contributed by atoms with Gasteiger partial charge in [0.05, 0.1) is 11.7 Å². The van der Waals surface area contributed by atoms with Crippen LogP contribution >= 0.6 is 0 Å². The van der Waals surface area contributed by atoms with E-state index in [9.17, 15) is 4.79 Å². The number of carbonyl (C=O) groups is 1. The molecule has 0 fully saturated rings. The summed E-state index contributed by atoms with van der Waals surface area (Å²) in [6, 6.07) is 15.5. The Kier molecular flexibility index (Phi) is 4.68. The maximum absolute atomic E-state index is 12.3. The summed E-state index contributed by atoms with van der Waals surface area (Å²) in [5, 5.41) is 1.94. The van der Waals surface area contributed by atoms with E-state index < -0.39 is 6.03 Å². The second-order valence-electron chi connectivity index (χ2n) is 7.63. The Bertz CT molecular complexity index is 921. The molecule has 1 atom stereocenters. The first-order valence-electron chi connectivity index (χ1n) is 8.81. The first-order chi connectivity index (χ1) is 12.3. The molecule has 0 saturated carbocycles. The molecular weight excluding hydrogens is 322 g/mol. The summed E-state index contributed by atoms with van der Waals surface area (Å²) in [6.45, 7) is 8.55. The topological polar surface area (TPSA) is 59.2 Å². The highest BCUT2D eigenvalue weighted by molar-refractivity contribution is 6.02. The number of carbonyl (C=O) groups excluding carboxylic acids is 1. The molecule has 1 unspecified atom stereocenters. The van der Waals surface area contributed by atoms with Crippen molar-refractivity contribution in [2.45, 2.75) is 39.2 Å². The van der Waals surface area contributed by atoms with Gasteiger partial charge in [-0.2, -0.15) is 0 Å². The Labute approximate surface area is 154 Å². The number of hydrogen-bond acceptors (Lipinski definition) is 2. The SMILES string of the molecule is CC(c1ccc(C(C)(C)C)cc1)N(C(N)=O)c1cccc2cnccc12. The van der Waals surface area contributed by atoms with Gasteiger partial charge in [0.25, 0.3) is 0 Å². The maximum atomic E-state index is 12.3. The number of aromatic nitrogens is 1. The zero-order valence-corrected chi connectivity index (χ0v) is 15.7. The molecule has 1 aromatic heterocycles. The molecule has 0 saturated heterocycles. The Morgan fingerprint density at radius 1 is 1.08 bits per heavy atom. The number of urea groups is 1. The second-order valence-corrected chi connectivity index (χ2v) is 7.63. The zero-order chi connectivity index (χ0) is 18.9. The summed E-state index contributed by atoms with van der Waals surface area (Å²) in [7, 11) is 0. The molecule has 2 amide bonds. The van der Waals surface area contributed by atoms with E-state index in [1.165, 1.54) is 5.56 Å². The second kappa shape index (κ2) is 6.79. The summed E-state index contributed by atoms with van der Waals surface area (Å²) in [6.07, 6.45) is 3.52. The molecular formula is C22H25N3O. The largest absolute Gasteiger partial charge is 0.351 e. The zero-order valence-electron chi connectivity index (χ0n) is 15.7. The third-order valence-electron chi connectivity index (χ3n) is 4.80. The maximum Gasteiger partial charge on any atom is 0.319 e. The number of hydrogen-bond donors (Lipinski definition) is 1. The lowest BCUT2D eigenvalue weighted by Crippen LogP contribution is -2.38. The molecule has 0 spiro atoms. The van der Waals surface area contributed by atoms with E-state index in [-0.39, 0.29) is 11.5 Å². The first kappa shape index (κ1) is 17.9. The summed E-state index contributed by atoms with van der Waals surface area (Å²) < 4.78 is 0. The molecule has 0 bridgehead atoms. The number of nitrogens with two attached hydrogens (primary N) is 1. The van der Waals surface area contributed by atoms with Crippen molar-refractivity contribution >= 4 is 22.5 Å². The number of pyridine rings is 1. The summed E-state index contributed by atoms with van der Waals surface area (Å²) in [5.74, 6) is 0. The van der Waals surface area contributed by atoms with E-state index in [0.717, 1.165) is 22.0 Å². The van der Waals surface area contributed by atoms with Crippen LogP contribution in [0.4, 0.5) is 10.5 Å². The normalized spacial score (nSPS) is 12.8. The van der Waals surface area contributed by atoms with E-state index in [4.69, 9.17) is 5.73 Å². The van der Waals surface area contributed by atoms with Crippen molar-refractivity contribution in [2.75, 3.05) is 4.90 Å². The van der Waals surface area contributed by atoms with Crippen molar-refractivity contribution in [3.63, 3.8) is 0 Å². The van der Waals surface area contributed by atoms with Gasteiger partial charge in [0.15, 0.2) is 0 Å². The van der Waals surface area contributed by atoms with E-state index in [2.05, 4.69) is 50.0 Å². The van der Waals surface area contributed by atoms with Gasteiger partial charge >= 0.3 is 6.03 Å². The number of fused-ring (bicyclic) bond motifs is 1. The van der Waals surface area contributed by atoms with Gasteiger partial charge in [0, 0.05) is 23.2 Å². The van der Waals surface area contributed by atoms with E-state index in [0.29, 0.717) is 0 Å². The smallest absolute Gasteiger partial charge is 0.319 e. The van der Waals surface area contributed by atoms with Gasteiger partial charge in [-0.3, -0.25) is 9.88 Å².